The lowest BCUT2D eigenvalue weighted by molar-refractivity contribution is -0.143. The largest absolute Gasteiger partial charge is 0.472 e. The molecule has 0 aliphatic carbocycles. The van der Waals surface area contributed by atoms with E-state index in [9.17, 15) is 43.2 Å². The molecule has 0 amide bonds. The van der Waals surface area contributed by atoms with Gasteiger partial charge in [-0.05, 0) is 29.6 Å². The van der Waals surface area contributed by atoms with Crippen molar-refractivity contribution in [2.75, 3.05) is 76.8 Å². The van der Waals surface area contributed by atoms with Crippen LogP contribution >= 0.6 is 40.5 Å². The molecular formula is C54H85N15O23P4S2. The highest BCUT2D eigenvalue weighted by molar-refractivity contribution is 8.54. The second-order valence-electron chi connectivity index (χ2n) is 23.1. The van der Waals surface area contributed by atoms with Gasteiger partial charge in [0.2, 0.25) is 0 Å². The van der Waals surface area contributed by atoms with Crippen LogP contribution in [0, 0.1) is 0 Å². The number of unbranched alkanes of at least 4 members (excludes halogenated alkanes) is 14. The Morgan fingerprint density at radius 3 is 1.43 bits per heavy atom. The molecule has 44 heteroatoms. The van der Waals surface area contributed by atoms with E-state index in [0.717, 1.165) is 31.9 Å². The SMILES string of the molecule is CCCCCCCCCCCCCCCCCC(=O)OCCSP(=O)(O)O[C@H]1C(OC)[C@@H](COP(O)(=S)O[C@H]2C(O)[C@@H](COP(=O)(O)O[C@H]3C(OC)[C@@H](COP(=O)(O)OCCO)O[C@H]3n3cnc4c(N)ncnc43)O[C@H]2n2cnc3c(N)ncnc32)O[C@H]1n1cnc2c(N)ncnc21. The van der Waals surface area contributed by atoms with Gasteiger partial charge in [0.25, 0.3) is 0 Å². The summed E-state index contributed by atoms with van der Waals surface area (Å²) >= 11 is 6.07. The minimum Gasteiger partial charge on any atom is -0.465 e. The summed E-state index contributed by atoms with van der Waals surface area (Å²) in [5.74, 6) is -0.646. The normalized spacial score (nSPS) is 26.1. The van der Waals surface area contributed by atoms with Crippen molar-refractivity contribution >= 4 is 109 Å². The lowest BCUT2D eigenvalue weighted by atomic mass is 10.0. The van der Waals surface area contributed by atoms with Gasteiger partial charge in [0.05, 0.1) is 52.0 Å². The van der Waals surface area contributed by atoms with E-state index >= 15 is 0 Å². The van der Waals surface area contributed by atoms with Gasteiger partial charge in [-0.1, -0.05) is 96.8 Å². The third-order valence-corrected chi connectivity index (χ3v) is 22.8. The van der Waals surface area contributed by atoms with Crippen molar-refractivity contribution in [1.82, 2.24) is 58.6 Å². The van der Waals surface area contributed by atoms with Crippen LogP contribution in [0.4, 0.5) is 17.5 Å². The van der Waals surface area contributed by atoms with Crippen molar-refractivity contribution < 1.29 is 108 Å². The van der Waals surface area contributed by atoms with Crippen LogP contribution in [0.1, 0.15) is 128 Å². The van der Waals surface area contributed by atoms with E-state index in [1.54, 1.807) is 0 Å². The number of nitrogens with two attached hydrogens (primary N) is 3. The molecule has 12 N–H and O–H groups in total. The number of anilines is 3. The Morgan fingerprint density at radius 1 is 0.541 bits per heavy atom. The lowest BCUT2D eigenvalue weighted by Crippen LogP contribution is -2.38. The van der Waals surface area contributed by atoms with Crippen molar-refractivity contribution in [2.45, 2.75) is 183 Å². The van der Waals surface area contributed by atoms with Crippen LogP contribution in [0.15, 0.2) is 38.0 Å². The molecule has 546 valence electrons. The molecule has 0 spiro atoms. The third-order valence-electron chi connectivity index (χ3n) is 16.3. The van der Waals surface area contributed by atoms with Crippen molar-refractivity contribution in [3.05, 3.63) is 38.0 Å². The van der Waals surface area contributed by atoms with E-state index < -0.39 is 142 Å². The fraction of sp³-hybridized carbons (Fsp3) is 0.704. The Morgan fingerprint density at radius 2 is 0.959 bits per heavy atom. The third kappa shape index (κ3) is 20.4. The van der Waals surface area contributed by atoms with E-state index in [4.69, 9.17) is 94.2 Å². The quantitative estimate of drug-likeness (QED) is 0.0128. The zero-order valence-corrected chi connectivity index (χ0v) is 59.2. The molecule has 16 atom stereocenters. The molecule has 7 unspecified atom stereocenters. The number of carbonyl (C=O) groups excluding carboxylic acids is 1. The van der Waals surface area contributed by atoms with Gasteiger partial charge in [-0.2, -0.15) is 0 Å². The molecule has 3 saturated heterocycles. The van der Waals surface area contributed by atoms with E-state index in [-0.39, 0.29) is 69.7 Å². The van der Waals surface area contributed by atoms with Crippen LogP contribution in [0.5, 0.6) is 0 Å². The van der Waals surface area contributed by atoms with Crippen LogP contribution in [0.25, 0.3) is 33.5 Å². The number of imidazole rings is 3. The Bertz CT molecular complexity index is 3760. The highest BCUT2D eigenvalue weighted by atomic mass is 32.7. The molecule has 9 heterocycles. The van der Waals surface area contributed by atoms with Crippen molar-refractivity contribution in [1.29, 1.82) is 0 Å². The highest BCUT2D eigenvalue weighted by Crippen LogP contribution is 2.60. The number of nitrogens with zero attached hydrogens (tertiary/aromatic N) is 12. The lowest BCUT2D eigenvalue weighted by Gasteiger charge is -2.28. The zero-order chi connectivity index (χ0) is 70.2. The second-order valence-corrected chi connectivity index (χ2v) is 32.7. The van der Waals surface area contributed by atoms with Crippen molar-refractivity contribution in [2.24, 2.45) is 0 Å². The first-order chi connectivity index (χ1) is 47.0. The number of nitrogen functional groups attached to an aromatic ring is 3. The average molecular weight is 1500 g/mol. The summed E-state index contributed by atoms with van der Waals surface area (Å²) in [6.07, 6.45) is 6.91. The number of aliphatic hydroxyl groups excluding tert-OH is 2. The van der Waals surface area contributed by atoms with Crippen molar-refractivity contribution in [3.63, 3.8) is 0 Å². The molecule has 6 aromatic heterocycles. The molecule has 9 rings (SSSR count). The number of fused-ring (bicyclic) bond motifs is 3. The number of ether oxygens (including phenoxy) is 6. The van der Waals surface area contributed by atoms with Gasteiger partial charge in [0, 0.05) is 26.4 Å². The standard InChI is InChI=1S/C54H85N15O23P4S2/c1-4-5-6-7-8-9-10-11-12-13-14-15-16-17-18-19-36(71)82-22-23-98-95(77,78)91-45-42(81-3)35(89-54(45)69-32-66-39-48(57)60-29-63-51(39)69)26-86-96(79,97)92-43-40(72)33(87-52(43)67-30-64-37-46(55)58-27-61-49(37)67)24-85-94(75,76)90-44-41(80-2)34(25-84-93(73,74)83-21-20-70)88-53(44)68-31-65-38-47(56)59-28-62-50(38)68/h27-35,40-45,52-54,70,72H,4-26H2,1-3H3,(H,73,74)(H,75,76)(H,77,78)(H,79,97)(H2,55,58,61)(H2,56,59,62)(H2,57,60,63)/t33-,34-,35-,40?,41?,42?,43+,44+,45+,52-,53-,54-,96?/m1/s1. The second kappa shape index (κ2) is 36.1. The molecular weight excluding hydrogens is 1410 g/mol. The van der Waals surface area contributed by atoms with Gasteiger partial charge in [-0.3, -0.25) is 45.6 Å². The highest BCUT2D eigenvalue weighted by Gasteiger charge is 2.55. The maximum absolute atomic E-state index is 14.2. The smallest absolute Gasteiger partial charge is 0.465 e. The molecule has 3 aliphatic heterocycles. The maximum Gasteiger partial charge on any atom is 0.472 e. The Labute approximate surface area is 571 Å². The van der Waals surface area contributed by atoms with Gasteiger partial charge in [0.1, 0.15) is 97.1 Å². The number of hydrogen-bond donors (Lipinski definition) is 9. The van der Waals surface area contributed by atoms with Crippen LogP contribution in [0.2, 0.25) is 0 Å². The van der Waals surface area contributed by atoms with Crippen LogP contribution in [-0.2, 0) is 90.4 Å². The predicted octanol–water partition coefficient (Wildman–Crippen LogP) is 5.61. The van der Waals surface area contributed by atoms with Gasteiger partial charge in [-0.25, -0.2) is 58.6 Å². The first-order valence-corrected chi connectivity index (χ1v) is 40.6. The summed E-state index contributed by atoms with van der Waals surface area (Å²) in [6.45, 7) is -10.8. The Hall–Kier alpha value is -4.51. The monoisotopic (exact) mass is 1500 g/mol. The van der Waals surface area contributed by atoms with E-state index in [2.05, 4.69) is 51.8 Å². The molecule has 3 fully saturated rings. The molecule has 0 radical (unpaired) electrons. The number of phosphoric ester groups is 2. The fourth-order valence-electron chi connectivity index (χ4n) is 11.6. The van der Waals surface area contributed by atoms with Crippen LogP contribution in [0.3, 0.4) is 0 Å². The van der Waals surface area contributed by atoms with Crippen LogP contribution in [-0.4, -0.2) is 209 Å². The van der Waals surface area contributed by atoms with E-state index in [1.807, 2.05) is 0 Å². The van der Waals surface area contributed by atoms with Gasteiger partial charge in [-0.15, -0.1) is 0 Å². The number of methoxy groups -OCH3 is 2. The number of phosphoric acid groups is 2. The minimum atomic E-state index is -5.41. The summed E-state index contributed by atoms with van der Waals surface area (Å²) in [4.78, 5) is 95.2. The number of aliphatic hydroxyl groups is 2. The van der Waals surface area contributed by atoms with Crippen molar-refractivity contribution in [3.8, 4) is 0 Å². The number of aromatic nitrogens is 12. The van der Waals surface area contributed by atoms with Gasteiger partial charge < -0.3 is 79.9 Å². The number of hydrogen-bond acceptors (Lipinski definition) is 33. The number of esters is 1. The number of rotatable bonds is 43. The summed E-state index contributed by atoms with van der Waals surface area (Å²) in [5, 5.41) is 21.2. The van der Waals surface area contributed by atoms with E-state index in [0.29, 0.717) is 17.8 Å². The maximum atomic E-state index is 14.2. The van der Waals surface area contributed by atoms with Crippen LogP contribution < -0.4 is 17.2 Å². The van der Waals surface area contributed by atoms with Gasteiger partial charge in [0.15, 0.2) is 53.1 Å². The molecule has 98 heavy (non-hydrogen) atoms. The Kier molecular flexibility index (Phi) is 28.6. The van der Waals surface area contributed by atoms with Gasteiger partial charge >= 0.3 is 35.1 Å². The number of carbonyl (C=O) groups is 1. The molecule has 6 aromatic rings. The summed E-state index contributed by atoms with van der Waals surface area (Å²) < 4.78 is 119. The summed E-state index contributed by atoms with van der Waals surface area (Å²) in [6, 6.07) is 0. The molecule has 0 saturated carbocycles. The first-order valence-electron chi connectivity index (χ1n) is 31.8. The summed E-state index contributed by atoms with van der Waals surface area (Å²) in [7, 11) is -7.76. The fourth-order valence-corrected chi connectivity index (χ4v) is 17.0. The molecule has 0 aromatic carbocycles. The molecule has 3 aliphatic rings. The zero-order valence-electron chi connectivity index (χ0n) is 54.0. The molecule has 38 nitrogen and oxygen atoms in total. The van der Waals surface area contributed by atoms with E-state index in [1.165, 1.54) is 124 Å². The summed E-state index contributed by atoms with van der Waals surface area (Å²) in [5.41, 5.74) is 18.8. The Balaban J connectivity index is 0.837. The topological polar surface area (TPSA) is 519 Å². The minimum absolute atomic E-state index is 0.00530. The predicted molar refractivity (Wildman–Crippen MR) is 353 cm³/mol. The average Bonchev–Trinajstić information content (AvgIpc) is 1.62. The molecule has 0 bridgehead atoms. The first kappa shape index (κ1) is 77.6.